The third-order valence-electron chi connectivity index (χ3n) is 6.01. The Bertz CT molecular complexity index is 1460. The minimum absolute atomic E-state index is 0.193. The zero-order valence-electron chi connectivity index (χ0n) is 21.2. The van der Waals surface area contributed by atoms with Crippen molar-refractivity contribution in [2.45, 2.75) is 0 Å². The number of aromatic amines is 1. The Labute approximate surface area is 225 Å². The van der Waals surface area contributed by atoms with E-state index in [9.17, 15) is 4.79 Å². The lowest BCUT2D eigenvalue weighted by molar-refractivity contribution is -0.111. The highest BCUT2D eigenvalue weighted by Crippen LogP contribution is 2.32. The number of nitrogens with zero attached hydrogens (tertiary/aromatic N) is 5. The molecule has 0 aliphatic carbocycles. The van der Waals surface area contributed by atoms with Gasteiger partial charge in [-0.3, -0.25) is 9.89 Å². The fourth-order valence-corrected chi connectivity index (χ4v) is 4.41. The highest BCUT2D eigenvalue weighted by atomic mass is 35.5. The molecule has 196 valence electrons. The third-order valence-corrected chi connectivity index (χ3v) is 6.33. The second-order valence-electron chi connectivity index (χ2n) is 9.15. The van der Waals surface area contributed by atoms with Crippen LogP contribution >= 0.6 is 11.6 Å². The SMILES string of the molecule is CN(C)C/C=C/C(=O)Nc1cccc(-c2nc(Nc3ccc(Cl)c(N4CCOCC4)c3)nc3[nH]ncc23)c1. The number of H-pyrrole nitrogens is 1. The van der Waals surface area contributed by atoms with Crippen molar-refractivity contribution in [1.29, 1.82) is 0 Å². The van der Waals surface area contributed by atoms with Crippen LogP contribution in [0.15, 0.2) is 60.8 Å². The van der Waals surface area contributed by atoms with Crippen LogP contribution in [0.2, 0.25) is 5.02 Å². The zero-order chi connectivity index (χ0) is 26.5. The van der Waals surface area contributed by atoms with E-state index >= 15 is 0 Å². The molecule has 2 aromatic heterocycles. The first-order valence-electron chi connectivity index (χ1n) is 12.3. The van der Waals surface area contributed by atoms with Crippen molar-refractivity contribution in [3.05, 3.63) is 65.8 Å². The van der Waals surface area contributed by atoms with Crippen LogP contribution in [0.25, 0.3) is 22.3 Å². The molecular weight excluding hydrogens is 504 g/mol. The molecule has 4 aromatic rings. The number of morpholine rings is 1. The van der Waals surface area contributed by atoms with Gasteiger partial charge in [-0.2, -0.15) is 10.1 Å². The van der Waals surface area contributed by atoms with Crippen LogP contribution in [-0.4, -0.2) is 77.9 Å². The number of hydrogen-bond donors (Lipinski definition) is 3. The number of ether oxygens (including phenoxy) is 1. The lowest BCUT2D eigenvalue weighted by Gasteiger charge is -2.29. The maximum absolute atomic E-state index is 12.3. The van der Waals surface area contributed by atoms with Crippen LogP contribution in [0, 0.1) is 0 Å². The average Bonchev–Trinajstić information content (AvgIpc) is 3.38. The van der Waals surface area contributed by atoms with E-state index in [4.69, 9.17) is 21.3 Å². The van der Waals surface area contributed by atoms with Crippen molar-refractivity contribution in [2.75, 3.05) is 62.5 Å². The molecule has 1 fully saturated rings. The molecule has 1 aliphatic heterocycles. The van der Waals surface area contributed by atoms with Gasteiger partial charge in [0.1, 0.15) is 0 Å². The number of carbonyl (C=O) groups excluding carboxylic acids is 1. The summed E-state index contributed by atoms with van der Waals surface area (Å²) in [5.74, 6) is 0.217. The van der Waals surface area contributed by atoms with Crippen LogP contribution in [0.5, 0.6) is 0 Å². The van der Waals surface area contributed by atoms with E-state index in [1.807, 2.05) is 67.5 Å². The Balaban J connectivity index is 1.41. The number of rotatable bonds is 8. The summed E-state index contributed by atoms with van der Waals surface area (Å²) in [6, 6.07) is 13.3. The zero-order valence-corrected chi connectivity index (χ0v) is 22.0. The number of likely N-dealkylation sites (N-methyl/N-ethyl adjacent to an activating group) is 1. The second kappa shape index (κ2) is 11.6. The van der Waals surface area contributed by atoms with Crippen molar-refractivity contribution in [3.8, 4) is 11.3 Å². The number of hydrogen-bond acceptors (Lipinski definition) is 8. The van der Waals surface area contributed by atoms with Crippen molar-refractivity contribution < 1.29 is 9.53 Å². The Hall–Kier alpha value is -3.99. The first-order valence-corrected chi connectivity index (χ1v) is 12.7. The molecule has 0 radical (unpaired) electrons. The Morgan fingerprint density at radius 1 is 1.16 bits per heavy atom. The van der Waals surface area contributed by atoms with Crippen LogP contribution < -0.4 is 15.5 Å². The van der Waals surface area contributed by atoms with E-state index in [1.54, 1.807) is 6.20 Å². The van der Waals surface area contributed by atoms with Crippen molar-refractivity contribution in [3.63, 3.8) is 0 Å². The van der Waals surface area contributed by atoms with Gasteiger partial charge in [-0.15, -0.1) is 0 Å². The summed E-state index contributed by atoms with van der Waals surface area (Å²) in [4.78, 5) is 26.0. The van der Waals surface area contributed by atoms with Gasteiger partial charge < -0.3 is 25.2 Å². The molecule has 38 heavy (non-hydrogen) atoms. The number of fused-ring (bicyclic) bond motifs is 1. The Morgan fingerprint density at radius 2 is 2.00 bits per heavy atom. The van der Waals surface area contributed by atoms with Crippen LogP contribution in [0.1, 0.15) is 0 Å². The summed E-state index contributed by atoms with van der Waals surface area (Å²) in [6.07, 6.45) is 5.05. The van der Waals surface area contributed by atoms with Crippen LogP contribution in [0.3, 0.4) is 0 Å². The fourth-order valence-electron chi connectivity index (χ4n) is 4.18. The van der Waals surface area contributed by atoms with Crippen molar-refractivity contribution >= 4 is 51.6 Å². The molecule has 0 atom stereocenters. The molecule has 11 heteroatoms. The smallest absolute Gasteiger partial charge is 0.248 e. The first kappa shape index (κ1) is 25.7. The van der Waals surface area contributed by atoms with Gasteiger partial charge in [0.15, 0.2) is 5.65 Å². The van der Waals surface area contributed by atoms with Gasteiger partial charge in [0.05, 0.1) is 41.2 Å². The number of halogens is 1. The van der Waals surface area contributed by atoms with E-state index in [0.717, 1.165) is 35.4 Å². The molecule has 1 amide bonds. The maximum atomic E-state index is 12.3. The number of aromatic nitrogens is 4. The molecule has 3 heterocycles. The third kappa shape index (κ3) is 6.10. The quantitative estimate of drug-likeness (QED) is 0.288. The van der Waals surface area contributed by atoms with E-state index in [1.165, 1.54) is 6.08 Å². The number of nitrogens with one attached hydrogen (secondary N) is 3. The molecule has 0 spiro atoms. The van der Waals surface area contributed by atoms with E-state index in [2.05, 4.69) is 30.7 Å². The Kier molecular flexibility index (Phi) is 7.83. The number of anilines is 4. The van der Waals surface area contributed by atoms with Gasteiger partial charge >= 0.3 is 0 Å². The summed E-state index contributed by atoms with van der Waals surface area (Å²) in [6.45, 7) is 3.58. The minimum atomic E-state index is -0.193. The second-order valence-corrected chi connectivity index (χ2v) is 9.56. The predicted octanol–water partition coefficient (Wildman–Crippen LogP) is 4.31. The fraction of sp³-hybridized carbons (Fsp3) is 0.259. The first-order chi connectivity index (χ1) is 18.5. The summed E-state index contributed by atoms with van der Waals surface area (Å²) >= 11 is 6.50. The molecule has 0 unspecified atom stereocenters. The van der Waals surface area contributed by atoms with E-state index in [0.29, 0.717) is 47.8 Å². The normalized spacial score (nSPS) is 13.9. The lowest BCUT2D eigenvalue weighted by atomic mass is 10.1. The molecule has 1 saturated heterocycles. The van der Waals surface area contributed by atoms with Gasteiger partial charge in [0, 0.05) is 42.6 Å². The summed E-state index contributed by atoms with van der Waals surface area (Å²) in [5.41, 5.74) is 4.52. The highest BCUT2D eigenvalue weighted by Gasteiger charge is 2.16. The number of amides is 1. The van der Waals surface area contributed by atoms with Gasteiger partial charge in [-0.25, -0.2) is 4.98 Å². The Morgan fingerprint density at radius 3 is 2.82 bits per heavy atom. The highest BCUT2D eigenvalue weighted by molar-refractivity contribution is 6.33. The molecule has 2 aromatic carbocycles. The molecule has 1 aliphatic rings. The van der Waals surface area contributed by atoms with Gasteiger partial charge in [-0.05, 0) is 44.4 Å². The molecular formula is C27H29ClN8O2. The molecule has 3 N–H and O–H groups in total. The summed E-state index contributed by atoms with van der Waals surface area (Å²) in [7, 11) is 3.90. The monoisotopic (exact) mass is 532 g/mol. The van der Waals surface area contributed by atoms with Crippen molar-refractivity contribution in [2.24, 2.45) is 0 Å². The predicted molar refractivity (Wildman–Crippen MR) is 151 cm³/mol. The van der Waals surface area contributed by atoms with E-state index in [-0.39, 0.29) is 5.91 Å². The maximum Gasteiger partial charge on any atom is 0.248 e. The van der Waals surface area contributed by atoms with E-state index < -0.39 is 0 Å². The topological polar surface area (TPSA) is 111 Å². The van der Waals surface area contributed by atoms with Gasteiger partial charge in [0.25, 0.3) is 0 Å². The number of carbonyl (C=O) groups is 1. The number of benzene rings is 2. The summed E-state index contributed by atoms with van der Waals surface area (Å²) < 4.78 is 5.47. The van der Waals surface area contributed by atoms with Gasteiger partial charge in [0.2, 0.25) is 11.9 Å². The molecule has 0 saturated carbocycles. The largest absolute Gasteiger partial charge is 0.378 e. The van der Waals surface area contributed by atoms with Crippen LogP contribution in [-0.2, 0) is 9.53 Å². The standard InChI is InChI=1S/C27H29ClN8O2/c1-35(2)10-4-7-24(37)30-19-6-3-5-18(15-19)25-21-17-29-34-26(21)33-27(32-25)31-20-8-9-22(28)23(16-20)36-11-13-38-14-12-36/h3-9,15-17H,10-14H2,1-2H3,(H,30,37)(H2,29,31,32,33,34)/b7-4+. The minimum Gasteiger partial charge on any atom is -0.378 e. The average molecular weight is 533 g/mol. The van der Waals surface area contributed by atoms with Crippen molar-refractivity contribution in [1.82, 2.24) is 25.1 Å². The van der Waals surface area contributed by atoms with Gasteiger partial charge in [-0.1, -0.05) is 29.8 Å². The molecule has 10 nitrogen and oxygen atoms in total. The molecule has 5 rings (SSSR count). The van der Waals surface area contributed by atoms with Crippen LogP contribution in [0.4, 0.5) is 23.0 Å². The molecule has 0 bridgehead atoms. The summed E-state index contributed by atoms with van der Waals surface area (Å²) in [5, 5.41) is 14.8. The lowest BCUT2D eigenvalue weighted by Crippen LogP contribution is -2.36.